The molecule has 3 nitrogen and oxygen atoms in total. The topological polar surface area (TPSA) is 43.1 Å². The summed E-state index contributed by atoms with van der Waals surface area (Å²) in [6, 6.07) is 30.8. The lowest BCUT2D eigenvalue weighted by molar-refractivity contribution is -0.896. The number of amides is 1. The molecule has 0 spiro atoms. The van der Waals surface area contributed by atoms with E-state index in [2.05, 4.69) is 61.6 Å². The van der Waals surface area contributed by atoms with Crippen molar-refractivity contribution in [2.45, 2.75) is 16.7 Å². The molecule has 0 radical (unpaired) electrons. The van der Waals surface area contributed by atoms with Gasteiger partial charge in [-0.2, -0.15) is 0 Å². The molecule has 5 heteroatoms. The number of nitrogens with two attached hydrogens (primary N) is 1. The number of hydrogen-bond acceptors (Lipinski definition) is 3. The third kappa shape index (κ3) is 4.75. The molecule has 1 aliphatic heterocycles. The lowest BCUT2D eigenvalue weighted by atomic mass is 9.64. The molecule has 1 aliphatic rings. The Morgan fingerprint density at radius 2 is 1.47 bits per heavy atom. The first-order valence-corrected chi connectivity index (χ1v) is 13.5. The third-order valence-corrected chi connectivity index (χ3v) is 9.11. The molecular formula is C27H31N2OS2+. The van der Waals surface area contributed by atoms with E-state index in [1.807, 2.05) is 58.0 Å². The fraction of sp³-hybridized carbons (Fsp3) is 0.296. The number of carbonyl (C=O) groups excluding carboxylic acids is 1. The molecule has 2 atom stereocenters. The zero-order chi connectivity index (χ0) is 22.4. The van der Waals surface area contributed by atoms with Crippen LogP contribution in [0.25, 0.3) is 0 Å². The summed E-state index contributed by atoms with van der Waals surface area (Å²) < 4.78 is 0.974. The van der Waals surface area contributed by atoms with Crippen molar-refractivity contribution in [1.82, 2.24) is 0 Å². The molecule has 1 unspecified atom stereocenters. The normalized spacial score (nSPS) is 20.8. The second-order valence-electron chi connectivity index (χ2n) is 8.86. The van der Waals surface area contributed by atoms with E-state index in [9.17, 15) is 4.79 Å². The Morgan fingerprint density at radius 3 is 2.00 bits per heavy atom. The van der Waals surface area contributed by atoms with Crippen LogP contribution < -0.4 is 5.73 Å². The molecule has 1 heterocycles. The van der Waals surface area contributed by atoms with Crippen molar-refractivity contribution in [1.29, 1.82) is 0 Å². The van der Waals surface area contributed by atoms with Crippen LogP contribution in [0.1, 0.15) is 17.5 Å². The number of quaternary nitrogens is 1. The van der Waals surface area contributed by atoms with Crippen LogP contribution in [0.3, 0.4) is 0 Å². The summed E-state index contributed by atoms with van der Waals surface area (Å²) in [5.41, 5.74) is 7.45. The SMILES string of the molecule is C[N+]1(CCSSc2ccccc2)CC[C@@H](C(C(N)=O)(c2ccccc2)c2ccccc2)C1. The highest BCUT2D eigenvalue weighted by atomic mass is 33.1. The van der Waals surface area contributed by atoms with Crippen LogP contribution in [0.2, 0.25) is 0 Å². The summed E-state index contributed by atoms with van der Waals surface area (Å²) in [5.74, 6) is 0.993. The predicted octanol–water partition coefficient (Wildman–Crippen LogP) is 5.37. The van der Waals surface area contributed by atoms with Gasteiger partial charge in [-0.15, -0.1) is 0 Å². The second kappa shape index (κ2) is 10.2. The predicted molar refractivity (Wildman–Crippen MR) is 137 cm³/mol. The molecule has 0 aliphatic carbocycles. The van der Waals surface area contributed by atoms with Crippen molar-refractivity contribution in [3.05, 3.63) is 102 Å². The molecule has 3 aromatic carbocycles. The molecule has 1 saturated heterocycles. The third-order valence-electron chi connectivity index (χ3n) is 6.75. The highest BCUT2D eigenvalue weighted by Crippen LogP contribution is 2.45. The fourth-order valence-corrected chi connectivity index (χ4v) is 7.33. The van der Waals surface area contributed by atoms with Gasteiger partial charge in [0, 0.05) is 17.2 Å². The largest absolute Gasteiger partial charge is 0.369 e. The number of rotatable bonds is 9. The van der Waals surface area contributed by atoms with Gasteiger partial charge < -0.3 is 10.2 Å². The van der Waals surface area contributed by atoms with Crippen LogP contribution in [0, 0.1) is 5.92 Å². The van der Waals surface area contributed by atoms with E-state index >= 15 is 0 Å². The Kier molecular flexibility index (Phi) is 7.29. The second-order valence-corrected chi connectivity index (χ2v) is 11.3. The number of nitrogens with zero attached hydrogens (tertiary/aromatic N) is 1. The first kappa shape index (κ1) is 23.0. The van der Waals surface area contributed by atoms with Gasteiger partial charge in [-0.3, -0.25) is 4.79 Å². The molecule has 1 amide bonds. The Labute approximate surface area is 199 Å². The number of hydrogen-bond donors (Lipinski definition) is 1. The summed E-state index contributed by atoms with van der Waals surface area (Å²) in [7, 11) is 6.08. The highest BCUT2D eigenvalue weighted by molar-refractivity contribution is 8.76. The van der Waals surface area contributed by atoms with E-state index in [0.29, 0.717) is 0 Å². The number of carbonyl (C=O) groups is 1. The first-order chi connectivity index (χ1) is 15.5. The maximum absolute atomic E-state index is 13.2. The standard InChI is InChI=1S/C27H30N2OS2/c1-29(19-20-31-32-25-15-9-4-10-16-25)18-17-24(21-29)27(26(28)30,22-11-5-2-6-12-22)23-13-7-3-8-14-23/h2-16,24H,17-21H2,1H3,(H-,28,30)/p+1/t24-,29?/m1/s1. The summed E-state index contributed by atoms with van der Waals surface area (Å²) in [5, 5.41) is 0. The first-order valence-electron chi connectivity index (χ1n) is 11.1. The maximum Gasteiger partial charge on any atom is 0.233 e. The van der Waals surface area contributed by atoms with Gasteiger partial charge in [0.1, 0.15) is 5.41 Å². The summed E-state index contributed by atoms with van der Waals surface area (Å²) in [6.45, 7) is 3.10. The van der Waals surface area contributed by atoms with E-state index in [4.69, 9.17) is 5.73 Å². The minimum Gasteiger partial charge on any atom is -0.369 e. The van der Waals surface area contributed by atoms with Crippen LogP contribution in [-0.2, 0) is 10.2 Å². The van der Waals surface area contributed by atoms with Crippen molar-refractivity contribution in [2.24, 2.45) is 11.7 Å². The lowest BCUT2D eigenvalue weighted by Gasteiger charge is -2.38. The molecule has 0 aromatic heterocycles. The van der Waals surface area contributed by atoms with E-state index in [1.165, 1.54) is 4.90 Å². The zero-order valence-corrected chi connectivity index (χ0v) is 20.2. The molecule has 0 bridgehead atoms. The fourth-order valence-electron chi connectivity index (χ4n) is 5.11. The minimum atomic E-state index is -0.801. The van der Waals surface area contributed by atoms with Crippen molar-refractivity contribution in [3.8, 4) is 0 Å². The van der Waals surface area contributed by atoms with Gasteiger partial charge >= 0.3 is 0 Å². The van der Waals surface area contributed by atoms with Gasteiger partial charge in [-0.05, 0) is 23.3 Å². The van der Waals surface area contributed by atoms with Crippen LogP contribution in [0.4, 0.5) is 0 Å². The molecule has 1 fully saturated rings. The monoisotopic (exact) mass is 463 g/mol. The van der Waals surface area contributed by atoms with Gasteiger partial charge in [-0.1, -0.05) is 100 Å². The quantitative estimate of drug-likeness (QED) is 0.264. The molecule has 2 N–H and O–H groups in total. The Balaban J connectivity index is 1.54. The summed E-state index contributed by atoms with van der Waals surface area (Å²) in [6.07, 6.45) is 0.986. The molecule has 32 heavy (non-hydrogen) atoms. The molecule has 0 saturated carbocycles. The van der Waals surface area contributed by atoms with Gasteiger partial charge in [0.15, 0.2) is 0 Å². The minimum absolute atomic E-state index is 0.168. The highest BCUT2D eigenvalue weighted by Gasteiger charge is 2.53. The van der Waals surface area contributed by atoms with Crippen LogP contribution >= 0.6 is 21.6 Å². The average molecular weight is 464 g/mol. The van der Waals surface area contributed by atoms with Crippen molar-refractivity contribution in [2.75, 3.05) is 32.4 Å². The van der Waals surface area contributed by atoms with Gasteiger partial charge in [0.25, 0.3) is 0 Å². The van der Waals surface area contributed by atoms with Crippen LogP contribution in [-0.4, -0.2) is 42.8 Å². The van der Waals surface area contributed by atoms with Crippen LogP contribution in [0.5, 0.6) is 0 Å². The average Bonchev–Trinajstić information content (AvgIpc) is 3.21. The lowest BCUT2D eigenvalue weighted by Crippen LogP contribution is -2.51. The molecule has 4 rings (SSSR count). The zero-order valence-electron chi connectivity index (χ0n) is 18.5. The van der Waals surface area contributed by atoms with Crippen LogP contribution in [0.15, 0.2) is 95.9 Å². The van der Waals surface area contributed by atoms with E-state index in [0.717, 1.165) is 47.4 Å². The number of likely N-dealkylation sites (tertiary alicyclic amines) is 1. The Bertz CT molecular complexity index is 974. The van der Waals surface area contributed by atoms with E-state index in [-0.39, 0.29) is 11.8 Å². The molecule has 3 aromatic rings. The van der Waals surface area contributed by atoms with Gasteiger partial charge in [0.05, 0.1) is 32.4 Å². The summed E-state index contributed by atoms with van der Waals surface area (Å²) in [4.78, 5) is 14.5. The number of primary amides is 1. The van der Waals surface area contributed by atoms with E-state index in [1.54, 1.807) is 0 Å². The van der Waals surface area contributed by atoms with Gasteiger partial charge in [-0.25, -0.2) is 0 Å². The molecular weight excluding hydrogens is 432 g/mol. The smallest absolute Gasteiger partial charge is 0.233 e. The Morgan fingerprint density at radius 1 is 0.938 bits per heavy atom. The van der Waals surface area contributed by atoms with E-state index < -0.39 is 5.41 Å². The maximum atomic E-state index is 13.2. The summed E-state index contributed by atoms with van der Waals surface area (Å²) >= 11 is 0. The van der Waals surface area contributed by atoms with Crippen molar-refractivity contribution in [3.63, 3.8) is 0 Å². The van der Waals surface area contributed by atoms with Crippen molar-refractivity contribution >= 4 is 27.5 Å². The van der Waals surface area contributed by atoms with Crippen molar-refractivity contribution < 1.29 is 9.28 Å². The number of benzene rings is 3. The molecule has 166 valence electrons. The van der Waals surface area contributed by atoms with Gasteiger partial charge in [0.2, 0.25) is 5.91 Å². The Hall–Kier alpha value is -2.21.